The van der Waals surface area contributed by atoms with Crippen molar-refractivity contribution < 1.29 is 9.18 Å². The van der Waals surface area contributed by atoms with Crippen LogP contribution in [0, 0.1) is 19.7 Å². The zero-order valence-electron chi connectivity index (χ0n) is 10.9. The minimum absolute atomic E-state index is 0.116. The fraction of sp³-hybridized carbons (Fsp3) is 0.125. The number of benzene rings is 1. The molecule has 2 nitrogen and oxygen atoms in total. The summed E-state index contributed by atoms with van der Waals surface area (Å²) in [6.07, 6.45) is 4.70. The van der Waals surface area contributed by atoms with Crippen molar-refractivity contribution in [2.75, 3.05) is 0 Å². The quantitative estimate of drug-likeness (QED) is 0.618. The molecule has 0 spiro atoms. The Morgan fingerprint density at radius 2 is 2.00 bits per heavy atom. The summed E-state index contributed by atoms with van der Waals surface area (Å²) in [6.45, 7) is 3.56. The van der Waals surface area contributed by atoms with E-state index < -0.39 is 0 Å². The van der Waals surface area contributed by atoms with Gasteiger partial charge in [0.2, 0.25) is 0 Å². The molecule has 2 rings (SSSR count). The summed E-state index contributed by atoms with van der Waals surface area (Å²) in [4.78, 5) is 16.0. The van der Waals surface area contributed by atoms with Gasteiger partial charge in [-0.1, -0.05) is 12.1 Å². The summed E-state index contributed by atoms with van der Waals surface area (Å²) in [5.74, 6) is -0.360. The van der Waals surface area contributed by atoms with Crippen molar-refractivity contribution in [1.29, 1.82) is 0 Å². The number of hydrogen-bond acceptors (Lipinski definition) is 2. The lowest BCUT2D eigenvalue weighted by atomic mass is 10.1. The highest BCUT2D eigenvalue weighted by atomic mass is 19.1. The minimum Gasteiger partial charge on any atom is -0.289 e. The minimum atomic E-state index is -0.244. The molecule has 0 fully saturated rings. The van der Waals surface area contributed by atoms with Crippen molar-refractivity contribution >= 4 is 11.9 Å². The Bertz CT molecular complexity index is 630. The second-order valence-electron chi connectivity index (χ2n) is 4.39. The molecule has 0 N–H and O–H groups in total. The lowest BCUT2D eigenvalue weighted by molar-refractivity contribution is 0.104. The molecule has 0 saturated heterocycles. The van der Waals surface area contributed by atoms with Crippen LogP contribution in [-0.2, 0) is 0 Å². The molecule has 0 aliphatic rings. The summed E-state index contributed by atoms with van der Waals surface area (Å²) >= 11 is 0. The van der Waals surface area contributed by atoms with Gasteiger partial charge in [0.15, 0.2) is 5.78 Å². The third-order valence-electron chi connectivity index (χ3n) is 2.81. The number of allylic oxidation sites excluding steroid dienone is 1. The first-order valence-corrected chi connectivity index (χ1v) is 5.97. The van der Waals surface area contributed by atoms with E-state index in [1.807, 2.05) is 6.92 Å². The Morgan fingerprint density at radius 1 is 1.21 bits per heavy atom. The molecule has 96 valence electrons. The molecule has 0 bridgehead atoms. The van der Waals surface area contributed by atoms with Crippen LogP contribution in [0.5, 0.6) is 0 Å². The number of hydrogen-bond donors (Lipinski definition) is 0. The van der Waals surface area contributed by atoms with E-state index in [1.165, 1.54) is 12.1 Å². The highest BCUT2D eigenvalue weighted by Crippen LogP contribution is 2.11. The first-order chi connectivity index (χ1) is 9.06. The molecule has 1 aromatic carbocycles. The van der Waals surface area contributed by atoms with Crippen molar-refractivity contribution in [3.05, 3.63) is 70.8 Å². The zero-order chi connectivity index (χ0) is 13.8. The van der Waals surface area contributed by atoms with E-state index >= 15 is 0 Å². The number of nitrogens with zero attached hydrogens (tertiary/aromatic N) is 1. The van der Waals surface area contributed by atoms with Crippen LogP contribution >= 0.6 is 0 Å². The van der Waals surface area contributed by atoms with Crippen LogP contribution < -0.4 is 0 Å². The van der Waals surface area contributed by atoms with Crippen molar-refractivity contribution in [3.63, 3.8) is 0 Å². The molecule has 0 amide bonds. The average Bonchev–Trinajstić information content (AvgIpc) is 2.40. The van der Waals surface area contributed by atoms with Crippen LogP contribution in [0.4, 0.5) is 4.39 Å². The highest BCUT2D eigenvalue weighted by Gasteiger charge is 2.02. The molecule has 2 aromatic rings. The molecule has 0 atom stereocenters. The normalized spacial score (nSPS) is 10.9. The fourth-order valence-corrected chi connectivity index (χ4v) is 1.65. The van der Waals surface area contributed by atoms with Gasteiger partial charge in [-0.2, -0.15) is 0 Å². The molecule has 19 heavy (non-hydrogen) atoms. The van der Waals surface area contributed by atoms with Gasteiger partial charge in [-0.15, -0.1) is 0 Å². The predicted octanol–water partition coefficient (Wildman–Crippen LogP) is 3.73. The van der Waals surface area contributed by atoms with Gasteiger partial charge in [0.1, 0.15) is 5.82 Å². The Hall–Kier alpha value is -2.29. The van der Waals surface area contributed by atoms with E-state index in [9.17, 15) is 9.18 Å². The number of carbonyl (C=O) groups excluding carboxylic acids is 1. The number of rotatable bonds is 3. The fourth-order valence-electron chi connectivity index (χ4n) is 1.65. The van der Waals surface area contributed by atoms with E-state index in [2.05, 4.69) is 4.98 Å². The number of ketones is 1. The van der Waals surface area contributed by atoms with Gasteiger partial charge in [-0.25, -0.2) is 4.39 Å². The second kappa shape index (κ2) is 5.57. The molecule has 1 heterocycles. The number of halogens is 1. The SMILES string of the molecule is Cc1ccc(C(=O)/C=C/c2ccc(F)c(C)c2)cn1. The Balaban J connectivity index is 2.15. The van der Waals surface area contributed by atoms with Gasteiger partial charge in [-0.3, -0.25) is 9.78 Å². The van der Waals surface area contributed by atoms with Gasteiger partial charge < -0.3 is 0 Å². The largest absolute Gasteiger partial charge is 0.289 e. The average molecular weight is 255 g/mol. The monoisotopic (exact) mass is 255 g/mol. The summed E-state index contributed by atoms with van der Waals surface area (Å²) < 4.78 is 13.1. The standard InChI is InChI=1S/C16H14FNO/c1-11-9-13(4-7-15(11)17)5-8-16(19)14-6-3-12(2)18-10-14/h3-10H,1-2H3/b8-5+. The molecule has 0 aliphatic heterocycles. The molecule has 0 unspecified atom stereocenters. The van der Waals surface area contributed by atoms with Crippen molar-refractivity contribution in [2.45, 2.75) is 13.8 Å². The number of pyridine rings is 1. The van der Waals surface area contributed by atoms with Crippen LogP contribution in [0.1, 0.15) is 27.2 Å². The summed E-state index contributed by atoms with van der Waals surface area (Å²) in [6, 6.07) is 8.27. The maximum absolute atomic E-state index is 13.1. The zero-order valence-corrected chi connectivity index (χ0v) is 10.9. The van der Waals surface area contributed by atoms with E-state index in [-0.39, 0.29) is 11.6 Å². The van der Waals surface area contributed by atoms with E-state index in [4.69, 9.17) is 0 Å². The Kier molecular flexibility index (Phi) is 3.85. The van der Waals surface area contributed by atoms with E-state index in [0.717, 1.165) is 11.3 Å². The first kappa shape index (κ1) is 13.1. The summed E-state index contributed by atoms with van der Waals surface area (Å²) in [5.41, 5.74) is 2.77. The van der Waals surface area contributed by atoms with E-state index in [1.54, 1.807) is 43.5 Å². The van der Waals surface area contributed by atoms with Gasteiger partial charge >= 0.3 is 0 Å². The number of aromatic nitrogens is 1. The molecule has 1 aromatic heterocycles. The van der Waals surface area contributed by atoms with Crippen LogP contribution in [0.3, 0.4) is 0 Å². The second-order valence-corrected chi connectivity index (χ2v) is 4.39. The maximum atomic E-state index is 13.1. The third kappa shape index (κ3) is 3.35. The van der Waals surface area contributed by atoms with E-state index in [0.29, 0.717) is 11.1 Å². The van der Waals surface area contributed by atoms with Crippen molar-refractivity contribution in [2.24, 2.45) is 0 Å². The van der Waals surface area contributed by atoms with Crippen LogP contribution in [0.2, 0.25) is 0 Å². The van der Waals surface area contributed by atoms with Gasteiger partial charge in [0.05, 0.1) is 0 Å². The molecule has 0 radical (unpaired) electrons. The maximum Gasteiger partial charge on any atom is 0.187 e. The topological polar surface area (TPSA) is 30.0 Å². The Labute approximate surface area is 111 Å². The first-order valence-electron chi connectivity index (χ1n) is 5.97. The predicted molar refractivity (Wildman–Crippen MR) is 73.5 cm³/mol. The molecule has 0 saturated carbocycles. The lowest BCUT2D eigenvalue weighted by Crippen LogP contribution is -1.95. The molecule has 3 heteroatoms. The molecule has 0 aliphatic carbocycles. The highest BCUT2D eigenvalue weighted by molar-refractivity contribution is 6.06. The van der Waals surface area contributed by atoms with Gasteiger partial charge in [0.25, 0.3) is 0 Å². The van der Waals surface area contributed by atoms with Crippen LogP contribution in [0.15, 0.2) is 42.6 Å². The van der Waals surface area contributed by atoms with Crippen LogP contribution in [0.25, 0.3) is 6.08 Å². The molecular formula is C16H14FNO. The molecular weight excluding hydrogens is 241 g/mol. The van der Waals surface area contributed by atoms with Crippen molar-refractivity contribution in [3.8, 4) is 0 Å². The third-order valence-corrected chi connectivity index (χ3v) is 2.81. The van der Waals surface area contributed by atoms with Gasteiger partial charge in [0, 0.05) is 17.5 Å². The van der Waals surface area contributed by atoms with Gasteiger partial charge in [-0.05, 0) is 55.3 Å². The number of carbonyl (C=O) groups is 1. The summed E-state index contributed by atoms with van der Waals surface area (Å²) in [5, 5.41) is 0. The smallest absolute Gasteiger partial charge is 0.187 e. The Morgan fingerprint density at radius 3 is 2.63 bits per heavy atom. The summed E-state index contributed by atoms with van der Waals surface area (Å²) in [7, 11) is 0. The van der Waals surface area contributed by atoms with Crippen LogP contribution in [-0.4, -0.2) is 10.8 Å². The number of aryl methyl sites for hydroxylation is 2. The van der Waals surface area contributed by atoms with Crippen molar-refractivity contribution in [1.82, 2.24) is 4.98 Å². The lowest BCUT2D eigenvalue weighted by Gasteiger charge is -1.99.